The number of aromatic nitrogens is 5. The number of benzene rings is 1. The van der Waals surface area contributed by atoms with Gasteiger partial charge in [0.05, 0.1) is 28.6 Å². The Morgan fingerprint density at radius 3 is 2.49 bits per heavy atom. The van der Waals surface area contributed by atoms with E-state index in [0.29, 0.717) is 48.1 Å². The maximum atomic E-state index is 14.2. The molecule has 0 bridgehead atoms. The number of nitrogens with zero attached hydrogens (tertiary/aromatic N) is 6. The van der Waals surface area contributed by atoms with Gasteiger partial charge in [-0.2, -0.15) is 5.10 Å². The first-order chi connectivity index (χ1) is 18.2. The van der Waals surface area contributed by atoms with Crippen LogP contribution in [0.3, 0.4) is 0 Å². The van der Waals surface area contributed by atoms with Crippen LogP contribution in [0.5, 0.6) is 0 Å². The Kier molecular flexibility index (Phi) is 6.49. The number of carbonyl (C=O) groups is 2. The van der Waals surface area contributed by atoms with Crippen LogP contribution < -0.4 is 0 Å². The van der Waals surface area contributed by atoms with Gasteiger partial charge in [-0.05, 0) is 44.4 Å². The van der Waals surface area contributed by atoms with Crippen LogP contribution in [-0.2, 0) is 5.41 Å². The van der Waals surface area contributed by atoms with Crippen LogP contribution in [0, 0.1) is 12.7 Å². The summed E-state index contributed by atoms with van der Waals surface area (Å²) in [6, 6.07) is 6.44. The number of aromatic amines is 1. The Hall–Kier alpha value is -3.79. The molecule has 1 aliphatic rings. The third kappa shape index (κ3) is 5.01. The molecule has 4 aromatic rings. The van der Waals surface area contributed by atoms with Crippen molar-refractivity contribution in [2.45, 2.75) is 52.5 Å². The van der Waals surface area contributed by atoms with Crippen molar-refractivity contribution in [3.63, 3.8) is 0 Å². The Balaban J connectivity index is 1.47. The number of aryl methyl sites for hydroxylation is 1. The van der Waals surface area contributed by atoms with Gasteiger partial charge in [0.1, 0.15) is 23.0 Å². The van der Waals surface area contributed by atoms with Crippen molar-refractivity contribution in [1.82, 2.24) is 34.4 Å². The molecule has 4 heterocycles. The second kappa shape index (κ2) is 9.44. The summed E-state index contributed by atoms with van der Waals surface area (Å²) >= 11 is 5.88. The highest BCUT2D eigenvalue weighted by molar-refractivity contribution is 6.30. The molecule has 1 fully saturated rings. The van der Waals surface area contributed by atoms with E-state index in [1.165, 1.54) is 18.3 Å². The molecule has 5 rings (SSSR count). The van der Waals surface area contributed by atoms with Crippen LogP contribution in [0.1, 0.15) is 67.0 Å². The molecule has 0 radical (unpaired) electrons. The predicted octanol–water partition coefficient (Wildman–Crippen LogP) is 4.89. The first-order valence-corrected chi connectivity index (χ1v) is 13.1. The number of fused-ring (bicyclic) bond motifs is 1. The fourth-order valence-electron chi connectivity index (χ4n) is 4.97. The first kappa shape index (κ1) is 26.8. The number of amides is 2. The van der Waals surface area contributed by atoms with Crippen LogP contribution >= 0.6 is 11.6 Å². The number of carbonyl (C=O) groups excluding carboxylic acids is 2. The van der Waals surface area contributed by atoms with E-state index in [4.69, 9.17) is 16.6 Å². The van der Waals surface area contributed by atoms with E-state index in [9.17, 15) is 14.0 Å². The molecule has 11 heteroatoms. The molecule has 1 N–H and O–H groups in total. The molecule has 39 heavy (non-hydrogen) atoms. The van der Waals surface area contributed by atoms with E-state index in [1.54, 1.807) is 33.5 Å². The lowest BCUT2D eigenvalue weighted by atomic mass is 9.87. The fraction of sp³-hybridized carbons (Fsp3) is 0.393. The smallest absolute Gasteiger partial charge is 0.274 e. The zero-order valence-corrected chi connectivity index (χ0v) is 23.6. The minimum Gasteiger partial charge on any atom is -0.338 e. The van der Waals surface area contributed by atoms with Crippen LogP contribution in [0.2, 0.25) is 5.02 Å². The van der Waals surface area contributed by atoms with Crippen LogP contribution in [0.25, 0.3) is 16.9 Å². The van der Waals surface area contributed by atoms with E-state index in [1.807, 2.05) is 40.7 Å². The van der Waals surface area contributed by atoms with Crippen LogP contribution in [0.15, 0.2) is 36.7 Å². The summed E-state index contributed by atoms with van der Waals surface area (Å²) in [5.74, 6) is -0.245. The molecule has 0 unspecified atom stereocenters. The Morgan fingerprint density at radius 2 is 1.87 bits per heavy atom. The molecule has 204 valence electrons. The number of hydrogen-bond acceptors (Lipinski definition) is 5. The average Bonchev–Trinajstić information content (AvgIpc) is 3.49. The van der Waals surface area contributed by atoms with Crippen molar-refractivity contribution in [2.75, 3.05) is 19.6 Å². The quantitative estimate of drug-likeness (QED) is 0.390. The molecule has 2 amide bonds. The largest absolute Gasteiger partial charge is 0.338 e. The van der Waals surface area contributed by atoms with Crippen molar-refractivity contribution >= 4 is 29.1 Å². The average molecular weight is 552 g/mol. The minimum atomic E-state index is -0.637. The lowest BCUT2D eigenvalue weighted by Gasteiger charge is -2.46. The van der Waals surface area contributed by atoms with Gasteiger partial charge in [0.15, 0.2) is 5.65 Å². The number of halogens is 2. The Labute approximate surface area is 231 Å². The lowest BCUT2D eigenvalue weighted by Crippen LogP contribution is -2.62. The topological polar surface area (TPSA) is 99.5 Å². The molecule has 1 aliphatic heterocycles. The highest BCUT2D eigenvalue weighted by Gasteiger charge is 2.40. The second-order valence-corrected chi connectivity index (χ2v) is 12.0. The summed E-state index contributed by atoms with van der Waals surface area (Å²) in [6.07, 6.45) is 3.15. The maximum Gasteiger partial charge on any atom is 0.274 e. The second-order valence-electron chi connectivity index (χ2n) is 11.6. The molecular formula is C28H31ClFN7O2. The van der Waals surface area contributed by atoms with E-state index < -0.39 is 11.4 Å². The molecule has 3 aromatic heterocycles. The predicted molar refractivity (Wildman–Crippen MR) is 146 cm³/mol. The van der Waals surface area contributed by atoms with Crippen LogP contribution in [-0.4, -0.2) is 71.4 Å². The fourth-order valence-corrected chi connectivity index (χ4v) is 5.09. The summed E-state index contributed by atoms with van der Waals surface area (Å²) in [5, 5.41) is 4.69. The maximum absolute atomic E-state index is 14.2. The van der Waals surface area contributed by atoms with E-state index >= 15 is 0 Å². The number of hydrogen-bond donors (Lipinski definition) is 1. The Morgan fingerprint density at radius 1 is 1.13 bits per heavy atom. The van der Waals surface area contributed by atoms with Crippen molar-refractivity contribution in [1.29, 1.82) is 0 Å². The summed E-state index contributed by atoms with van der Waals surface area (Å²) < 4.78 is 15.8. The van der Waals surface area contributed by atoms with E-state index in [2.05, 4.69) is 15.1 Å². The van der Waals surface area contributed by atoms with E-state index in [-0.39, 0.29) is 27.9 Å². The monoisotopic (exact) mass is 551 g/mol. The van der Waals surface area contributed by atoms with Crippen molar-refractivity contribution in [3.05, 3.63) is 70.3 Å². The van der Waals surface area contributed by atoms with Crippen molar-refractivity contribution in [3.8, 4) is 11.3 Å². The molecule has 9 nitrogen and oxygen atoms in total. The van der Waals surface area contributed by atoms with Crippen molar-refractivity contribution < 1.29 is 14.0 Å². The zero-order chi connectivity index (χ0) is 28.3. The third-order valence-corrected chi connectivity index (χ3v) is 7.34. The van der Waals surface area contributed by atoms with E-state index in [0.717, 1.165) is 5.56 Å². The van der Waals surface area contributed by atoms with Gasteiger partial charge in [0.25, 0.3) is 11.8 Å². The van der Waals surface area contributed by atoms with Crippen molar-refractivity contribution in [2.24, 2.45) is 0 Å². The third-order valence-electron chi connectivity index (χ3n) is 7.04. The van der Waals surface area contributed by atoms with Gasteiger partial charge in [0, 0.05) is 30.8 Å². The summed E-state index contributed by atoms with van der Waals surface area (Å²) in [5.41, 5.74) is 2.26. The number of imidazole rings is 2. The molecule has 1 saturated heterocycles. The molecule has 0 spiro atoms. The SMILES string of the molecule is Cc1ncc(C(=O)N2CCN(C(=O)c3cn4nc(-c5ccc(Cl)c(F)c5)cc(C(C)(C)C)c4n3)C(C)(C)C2)[nH]1. The summed E-state index contributed by atoms with van der Waals surface area (Å²) in [7, 11) is 0. The van der Waals surface area contributed by atoms with Gasteiger partial charge >= 0.3 is 0 Å². The molecule has 1 aromatic carbocycles. The lowest BCUT2D eigenvalue weighted by molar-refractivity contribution is 0.0163. The molecule has 0 aliphatic carbocycles. The molecule has 0 saturated carbocycles. The number of H-pyrrole nitrogens is 1. The number of rotatable bonds is 3. The highest BCUT2D eigenvalue weighted by Crippen LogP contribution is 2.32. The first-order valence-electron chi connectivity index (χ1n) is 12.7. The van der Waals surface area contributed by atoms with Gasteiger partial charge in [-0.1, -0.05) is 38.4 Å². The molecular weight excluding hydrogens is 521 g/mol. The highest BCUT2D eigenvalue weighted by atomic mass is 35.5. The Bertz CT molecular complexity index is 1600. The normalized spacial score (nSPS) is 15.7. The number of nitrogens with one attached hydrogen (secondary N) is 1. The van der Waals surface area contributed by atoms with Crippen LogP contribution in [0.4, 0.5) is 4.39 Å². The summed E-state index contributed by atoms with van der Waals surface area (Å²) in [6.45, 7) is 12.9. The molecule has 0 atom stereocenters. The number of piperazine rings is 1. The van der Waals surface area contributed by atoms with Gasteiger partial charge in [-0.25, -0.2) is 18.9 Å². The van der Waals surface area contributed by atoms with Gasteiger partial charge in [-0.3, -0.25) is 9.59 Å². The zero-order valence-electron chi connectivity index (χ0n) is 22.8. The van der Waals surface area contributed by atoms with Gasteiger partial charge in [-0.15, -0.1) is 0 Å². The minimum absolute atomic E-state index is 0.0375. The van der Waals surface area contributed by atoms with Gasteiger partial charge < -0.3 is 14.8 Å². The summed E-state index contributed by atoms with van der Waals surface area (Å²) in [4.78, 5) is 42.1. The standard InChI is InChI=1S/C28H31ClFN7O2/c1-16-31-13-22(32-16)25(38)35-9-10-36(28(5,6)15-35)26(39)23-14-37-24(33-23)18(27(2,3)4)12-21(34-37)17-7-8-19(29)20(30)11-17/h7-8,11-14H,9-10,15H2,1-6H3,(H,31,32). The van der Waals surface area contributed by atoms with Gasteiger partial charge in [0.2, 0.25) is 0 Å².